The van der Waals surface area contributed by atoms with Gasteiger partial charge in [0.1, 0.15) is 0 Å². The van der Waals surface area contributed by atoms with Gasteiger partial charge in [0.25, 0.3) is 0 Å². The van der Waals surface area contributed by atoms with Crippen LogP contribution in [-0.4, -0.2) is 18.8 Å². The molecule has 0 saturated heterocycles. The van der Waals surface area contributed by atoms with Crippen molar-refractivity contribution in [1.82, 2.24) is 0 Å². The Balaban J connectivity index is 2.54. The van der Waals surface area contributed by atoms with E-state index in [0.717, 1.165) is 25.7 Å². The standard InChI is InChI=1S/C15H21ClO3/c1-3-4-5-6-7-8-19-15-13(16)9-12(11-17)10-14(15)18-2/h3,9-10,17H,1,4-8,11H2,2H3. The van der Waals surface area contributed by atoms with E-state index in [0.29, 0.717) is 28.7 Å². The fraction of sp³-hybridized carbons (Fsp3) is 0.467. The van der Waals surface area contributed by atoms with Crippen molar-refractivity contribution in [3.63, 3.8) is 0 Å². The number of hydrogen-bond donors (Lipinski definition) is 1. The van der Waals surface area contributed by atoms with Gasteiger partial charge in [0, 0.05) is 0 Å². The van der Waals surface area contributed by atoms with Crippen LogP contribution in [0.1, 0.15) is 31.2 Å². The second-order valence-electron chi connectivity index (χ2n) is 4.25. The minimum absolute atomic E-state index is 0.0715. The summed E-state index contributed by atoms with van der Waals surface area (Å²) in [5.74, 6) is 1.10. The molecule has 106 valence electrons. The molecule has 0 aliphatic carbocycles. The van der Waals surface area contributed by atoms with Crippen LogP contribution in [-0.2, 0) is 6.61 Å². The summed E-state index contributed by atoms with van der Waals surface area (Å²) in [5, 5.41) is 9.57. The van der Waals surface area contributed by atoms with Crippen LogP contribution in [0.25, 0.3) is 0 Å². The Morgan fingerprint density at radius 3 is 2.74 bits per heavy atom. The first kappa shape index (κ1) is 15.9. The Bertz CT molecular complexity index is 405. The monoisotopic (exact) mass is 284 g/mol. The quantitative estimate of drug-likeness (QED) is 0.551. The molecule has 0 aliphatic heterocycles. The average Bonchev–Trinajstić information content (AvgIpc) is 2.43. The molecule has 0 aliphatic rings. The van der Waals surface area contributed by atoms with Gasteiger partial charge in [-0.1, -0.05) is 17.7 Å². The molecular weight excluding hydrogens is 264 g/mol. The predicted octanol–water partition coefficient (Wildman–Crippen LogP) is 3.97. The highest BCUT2D eigenvalue weighted by atomic mass is 35.5. The third-order valence-electron chi connectivity index (χ3n) is 2.77. The molecule has 0 aromatic heterocycles. The fourth-order valence-electron chi connectivity index (χ4n) is 1.75. The van der Waals surface area contributed by atoms with Gasteiger partial charge in [0.05, 0.1) is 25.3 Å². The van der Waals surface area contributed by atoms with E-state index < -0.39 is 0 Å². The Hall–Kier alpha value is -1.19. The minimum Gasteiger partial charge on any atom is -0.493 e. The van der Waals surface area contributed by atoms with E-state index >= 15 is 0 Å². The molecule has 1 rings (SSSR count). The van der Waals surface area contributed by atoms with Crippen molar-refractivity contribution >= 4 is 11.6 Å². The van der Waals surface area contributed by atoms with Gasteiger partial charge in [-0.2, -0.15) is 0 Å². The average molecular weight is 285 g/mol. The van der Waals surface area contributed by atoms with E-state index in [4.69, 9.17) is 26.2 Å². The lowest BCUT2D eigenvalue weighted by atomic mass is 10.2. The molecule has 0 saturated carbocycles. The van der Waals surface area contributed by atoms with Gasteiger partial charge in [-0.3, -0.25) is 0 Å². The smallest absolute Gasteiger partial charge is 0.179 e. The first-order valence-electron chi connectivity index (χ1n) is 6.44. The number of hydrogen-bond acceptors (Lipinski definition) is 3. The summed E-state index contributed by atoms with van der Waals surface area (Å²) in [6.45, 7) is 4.22. The summed E-state index contributed by atoms with van der Waals surface area (Å²) >= 11 is 6.13. The lowest BCUT2D eigenvalue weighted by Gasteiger charge is -2.13. The van der Waals surface area contributed by atoms with Crippen LogP contribution in [0.2, 0.25) is 5.02 Å². The molecule has 1 N–H and O–H groups in total. The maximum atomic E-state index is 9.11. The number of rotatable bonds is 9. The van der Waals surface area contributed by atoms with Crippen LogP contribution in [0.4, 0.5) is 0 Å². The molecule has 0 bridgehead atoms. The predicted molar refractivity (Wildman–Crippen MR) is 78.1 cm³/mol. The number of ether oxygens (including phenoxy) is 2. The van der Waals surface area contributed by atoms with Gasteiger partial charge < -0.3 is 14.6 Å². The number of methoxy groups -OCH3 is 1. The fourth-order valence-corrected chi connectivity index (χ4v) is 2.03. The molecule has 0 fully saturated rings. The summed E-state index contributed by atoms with van der Waals surface area (Å²) in [7, 11) is 1.56. The molecule has 0 unspecified atom stereocenters. The third-order valence-corrected chi connectivity index (χ3v) is 3.05. The number of allylic oxidation sites excluding steroid dienone is 1. The molecular formula is C15H21ClO3. The molecule has 19 heavy (non-hydrogen) atoms. The van der Waals surface area contributed by atoms with Crippen molar-refractivity contribution in [2.24, 2.45) is 0 Å². The van der Waals surface area contributed by atoms with Gasteiger partial charge in [-0.05, 0) is 43.4 Å². The summed E-state index contributed by atoms with van der Waals surface area (Å²) < 4.78 is 10.9. The van der Waals surface area contributed by atoms with Gasteiger partial charge in [-0.15, -0.1) is 6.58 Å². The molecule has 3 nitrogen and oxygen atoms in total. The Morgan fingerprint density at radius 2 is 2.11 bits per heavy atom. The van der Waals surface area contributed by atoms with E-state index in [1.807, 2.05) is 6.08 Å². The van der Waals surface area contributed by atoms with Crippen molar-refractivity contribution in [2.75, 3.05) is 13.7 Å². The van der Waals surface area contributed by atoms with E-state index in [1.54, 1.807) is 19.2 Å². The lowest BCUT2D eigenvalue weighted by Crippen LogP contribution is -2.01. The van der Waals surface area contributed by atoms with Crippen molar-refractivity contribution < 1.29 is 14.6 Å². The molecule has 0 atom stereocenters. The van der Waals surface area contributed by atoms with E-state index in [1.165, 1.54) is 0 Å². The Morgan fingerprint density at radius 1 is 1.32 bits per heavy atom. The first-order chi connectivity index (χ1) is 9.22. The van der Waals surface area contributed by atoms with Crippen LogP contribution in [0, 0.1) is 0 Å². The van der Waals surface area contributed by atoms with Gasteiger partial charge in [0.2, 0.25) is 0 Å². The third kappa shape index (κ3) is 5.13. The first-order valence-corrected chi connectivity index (χ1v) is 6.81. The maximum absolute atomic E-state index is 9.11. The number of aliphatic hydroxyl groups is 1. The molecule has 0 amide bonds. The number of unbranched alkanes of at least 4 members (excludes halogenated alkanes) is 3. The summed E-state index contributed by atoms with van der Waals surface area (Å²) in [4.78, 5) is 0. The normalized spacial score (nSPS) is 10.3. The number of aliphatic hydroxyl groups excluding tert-OH is 1. The van der Waals surface area contributed by atoms with Crippen molar-refractivity contribution in [1.29, 1.82) is 0 Å². The number of halogens is 1. The van der Waals surface area contributed by atoms with E-state index in [2.05, 4.69) is 6.58 Å². The molecule has 1 aromatic rings. The highest BCUT2D eigenvalue weighted by Crippen LogP contribution is 2.36. The van der Waals surface area contributed by atoms with Crippen molar-refractivity contribution in [3.8, 4) is 11.5 Å². The number of benzene rings is 1. The summed E-state index contributed by atoms with van der Waals surface area (Å²) in [6.07, 6.45) is 6.15. The maximum Gasteiger partial charge on any atom is 0.179 e. The molecule has 0 spiro atoms. The van der Waals surface area contributed by atoms with Crippen LogP contribution >= 0.6 is 11.6 Å². The van der Waals surface area contributed by atoms with Crippen LogP contribution in [0.15, 0.2) is 24.8 Å². The highest BCUT2D eigenvalue weighted by molar-refractivity contribution is 6.32. The van der Waals surface area contributed by atoms with Gasteiger partial charge in [0.15, 0.2) is 11.5 Å². The second kappa shape index (κ2) is 8.83. The summed E-state index contributed by atoms with van der Waals surface area (Å²) in [5.41, 5.74) is 0.709. The minimum atomic E-state index is -0.0715. The zero-order chi connectivity index (χ0) is 14.1. The highest BCUT2D eigenvalue weighted by Gasteiger charge is 2.11. The zero-order valence-corrected chi connectivity index (χ0v) is 12.1. The molecule has 0 radical (unpaired) electrons. The van der Waals surface area contributed by atoms with Gasteiger partial charge >= 0.3 is 0 Å². The van der Waals surface area contributed by atoms with Crippen molar-refractivity contribution in [3.05, 3.63) is 35.4 Å². The van der Waals surface area contributed by atoms with Crippen LogP contribution < -0.4 is 9.47 Å². The summed E-state index contributed by atoms with van der Waals surface area (Å²) in [6, 6.07) is 3.43. The largest absolute Gasteiger partial charge is 0.493 e. The lowest BCUT2D eigenvalue weighted by molar-refractivity contribution is 0.275. The Kier molecular flexibility index (Phi) is 7.38. The SMILES string of the molecule is C=CCCCCCOc1c(Cl)cc(CO)cc1OC. The molecule has 4 heteroatoms. The zero-order valence-electron chi connectivity index (χ0n) is 11.3. The van der Waals surface area contributed by atoms with Crippen molar-refractivity contribution in [2.45, 2.75) is 32.3 Å². The topological polar surface area (TPSA) is 38.7 Å². The molecule has 1 aromatic carbocycles. The van der Waals surface area contributed by atoms with E-state index in [-0.39, 0.29) is 6.61 Å². The molecule has 0 heterocycles. The van der Waals surface area contributed by atoms with E-state index in [9.17, 15) is 0 Å². The van der Waals surface area contributed by atoms with Crippen LogP contribution in [0.5, 0.6) is 11.5 Å². The van der Waals surface area contributed by atoms with Gasteiger partial charge in [-0.25, -0.2) is 0 Å². The van der Waals surface area contributed by atoms with Crippen LogP contribution in [0.3, 0.4) is 0 Å². The second-order valence-corrected chi connectivity index (χ2v) is 4.66. The Labute approximate surface area is 119 Å².